The summed E-state index contributed by atoms with van der Waals surface area (Å²) in [5.41, 5.74) is 10.4. The summed E-state index contributed by atoms with van der Waals surface area (Å²) >= 11 is 0. The highest BCUT2D eigenvalue weighted by Crippen LogP contribution is 2.36. The molecule has 0 saturated heterocycles. The molecule has 0 saturated carbocycles. The lowest BCUT2D eigenvalue weighted by Gasteiger charge is -2.30. The van der Waals surface area contributed by atoms with Crippen LogP contribution in [0.15, 0.2) is 72.8 Å². The maximum Gasteiger partial charge on any atom is 0.350 e. The lowest BCUT2D eigenvalue weighted by Crippen LogP contribution is -2.43. The van der Waals surface area contributed by atoms with Gasteiger partial charge in [-0.2, -0.15) is 0 Å². The van der Waals surface area contributed by atoms with Crippen molar-refractivity contribution in [3.05, 3.63) is 140 Å². The fourth-order valence-electron chi connectivity index (χ4n) is 7.16. The van der Waals surface area contributed by atoms with Crippen molar-refractivity contribution in [2.45, 2.75) is 147 Å². The minimum Gasteiger partial charge on any atom is -0.478 e. The van der Waals surface area contributed by atoms with Crippen LogP contribution in [-0.4, -0.2) is 45.4 Å². The molecule has 4 aromatic rings. The van der Waals surface area contributed by atoms with Crippen molar-refractivity contribution < 1.29 is 38.5 Å². The van der Waals surface area contributed by atoms with Crippen LogP contribution in [0.4, 0.5) is 0 Å². The third-order valence-corrected chi connectivity index (χ3v) is 10.2. The zero-order valence-corrected chi connectivity index (χ0v) is 40.1. The summed E-state index contributed by atoms with van der Waals surface area (Å²) in [6, 6.07) is 19.8. The largest absolute Gasteiger partial charge is 0.478 e. The number of fused-ring (bicyclic) bond motifs is 2. The van der Waals surface area contributed by atoms with Crippen LogP contribution in [0.25, 0.3) is 11.1 Å². The molecule has 4 aromatic carbocycles. The summed E-state index contributed by atoms with van der Waals surface area (Å²) in [5, 5.41) is 9.32. The van der Waals surface area contributed by atoms with Crippen molar-refractivity contribution in [3.63, 3.8) is 0 Å². The number of aliphatic carboxylic acids is 1. The lowest BCUT2D eigenvalue weighted by atomic mass is 9.85. The molecule has 0 fully saturated rings. The quantitative estimate of drug-likeness (QED) is 0.174. The first kappa shape index (κ1) is 50.6. The van der Waals surface area contributed by atoms with Gasteiger partial charge in [0.2, 0.25) is 0 Å². The Morgan fingerprint density at radius 1 is 0.532 bits per heavy atom. The molecule has 2 aliphatic rings. The number of carbonyl (C=O) groups is 4. The molecule has 0 amide bonds. The smallest absolute Gasteiger partial charge is 0.350 e. The number of ether oxygens (including phenoxy) is 3. The van der Waals surface area contributed by atoms with Crippen molar-refractivity contribution >= 4 is 34.7 Å². The van der Waals surface area contributed by atoms with E-state index in [1.54, 1.807) is 26.0 Å². The summed E-state index contributed by atoms with van der Waals surface area (Å²) in [6.07, 6.45) is 4.85. The molecular weight excluding hydrogens is 777 g/mol. The monoisotopic (exact) mass is 844 g/mol. The Hall–Kier alpha value is -5.76. The van der Waals surface area contributed by atoms with E-state index in [1.165, 1.54) is 13.8 Å². The molecule has 332 valence electrons. The minimum atomic E-state index is -1.31. The molecule has 0 unspecified atom stereocenters. The summed E-state index contributed by atoms with van der Waals surface area (Å²) in [4.78, 5) is 49.1. The van der Waals surface area contributed by atoms with E-state index in [0.29, 0.717) is 24.3 Å². The van der Waals surface area contributed by atoms with Crippen LogP contribution in [0, 0.1) is 41.5 Å². The summed E-state index contributed by atoms with van der Waals surface area (Å²) in [6.45, 7) is 31.8. The third-order valence-electron chi connectivity index (χ3n) is 10.2. The Kier molecular flexibility index (Phi) is 16.7. The van der Waals surface area contributed by atoms with Crippen molar-refractivity contribution in [2.75, 3.05) is 0 Å². The van der Waals surface area contributed by atoms with Gasteiger partial charge in [-0.15, -0.1) is 0 Å². The topological polar surface area (TPSA) is 116 Å². The lowest BCUT2D eigenvalue weighted by molar-refractivity contribution is -0.171. The first-order valence-corrected chi connectivity index (χ1v) is 21.6. The van der Waals surface area contributed by atoms with Crippen molar-refractivity contribution in [2.24, 2.45) is 0 Å². The van der Waals surface area contributed by atoms with Crippen molar-refractivity contribution in [1.82, 2.24) is 0 Å². The second-order valence-corrected chi connectivity index (χ2v) is 17.7. The van der Waals surface area contributed by atoms with Crippen LogP contribution in [0.2, 0.25) is 0 Å². The Morgan fingerprint density at radius 2 is 0.871 bits per heavy atom. The predicted octanol–water partition coefficient (Wildman–Crippen LogP) is 12.7. The number of ketones is 2. The van der Waals surface area contributed by atoms with E-state index in [-0.39, 0.29) is 11.6 Å². The first-order chi connectivity index (χ1) is 28.8. The number of rotatable bonds is 8. The number of aryl methyl sites for hydroxylation is 6. The Bertz CT molecular complexity index is 2350. The molecule has 8 nitrogen and oxygen atoms in total. The molecule has 0 bridgehead atoms. The number of benzene rings is 4. The average Bonchev–Trinajstić information content (AvgIpc) is 3.18. The van der Waals surface area contributed by atoms with Crippen LogP contribution in [0.1, 0.15) is 153 Å². The normalized spacial score (nSPS) is 13.2. The second kappa shape index (κ2) is 20.4. The van der Waals surface area contributed by atoms with Gasteiger partial charge in [-0.25, -0.2) is 9.59 Å². The molecule has 1 N–H and O–H groups in total. The Balaban J connectivity index is 0.000000308. The molecule has 62 heavy (non-hydrogen) atoms. The zero-order valence-electron chi connectivity index (χ0n) is 40.1. The van der Waals surface area contributed by atoms with Gasteiger partial charge in [-0.3, -0.25) is 9.59 Å². The highest BCUT2D eigenvalue weighted by molar-refractivity contribution is 6.12. The molecule has 0 aromatic heterocycles. The van der Waals surface area contributed by atoms with Crippen LogP contribution in [0.3, 0.4) is 0 Å². The van der Waals surface area contributed by atoms with E-state index in [4.69, 9.17) is 14.2 Å². The number of hydrogen-bond donors (Lipinski definition) is 1. The predicted molar refractivity (Wildman–Crippen MR) is 252 cm³/mol. The molecule has 0 atom stereocenters. The second-order valence-electron chi connectivity index (χ2n) is 17.7. The SMILES string of the molecule is CC.CC.Cc1ccc2c(c1)CC(c1cc(C)c(OC(C)(C)C(=O)O)c(C)c1)=CC2=O.Cc1ccc2c(c1)CC(c1cc(C)c(OC(C)(C)C(=O)OC(C)(C)C)c(C)c1)=CC2=O. The average molecular weight is 845 g/mol. The van der Waals surface area contributed by atoms with Crippen molar-refractivity contribution in [1.29, 1.82) is 0 Å². The van der Waals surface area contributed by atoms with E-state index in [2.05, 4.69) is 12.1 Å². The fraction of sp³-hybridized carbons (Fsp3) is 0.407. The zero-order chi connectivity index (χ0) is 47.1. The van der Waals surface area contributed by atoms with E-state index in [9.17, 15) is 24.3 Å². The maximum absolute atomic E-state index is 12.6. The fourth-order valence-corrected chi connectivity index (χ4v) is 7.16. The van der Waals surface area contributed by atoms with Crippen LogP contribution in [0.5, 0.6) is 11.5 Å². The summed E-state index contributed by atoms with van der Waals surface area (Å²) in [5.74, 6) is -0.121. The Morgan fingerprint density at radius 3 is 1.19 bits per heavy atom. The number of allylic oxidation sites excluding steroid dienone is 4. The van der Waals surface area contributed by atoms with Crippen LogP contribution < -0.4 is 9.47 Å². The van der Waals surface area contributed by atoms with Gasteiger partial charge in [-0.05, 0) is 195 Å². The molecular formula is C54H68O8. The molecule has 0 spiro atoms. The van der Waals surface area contributed by atoms with Gasteiger partial charge in [0, 0.05) is 11.1 Å². The standard InChI is InChI=1S/C27H32O4.C23H24O4.2C2H6/c1-16-9-10-22-21(11-16)14-20(15-23(22)28)19-12-17(2)24(18(3)13-19)30-27(7,8)25(29)31-26(4,5)6;1-13-6-7-19-18(8-13)11-17(12-20(19)24)16-9-14(2)21(15(3)10-16)27-23(4,5)22(25)26;2*1-2/h9-13,15H,14H2,1-8H3;6-10,12H,11H2,1-5H3,(H,25,26);2*1-2H3. The van der Waals surface area contributed by atoms with E-state index in [0.717, 1.165) is 77.9 Å². The van der Waals surface area contributed by atoms with E-state index in [1.807, 2.05) is 139 Å². The first-order valence-electron chi connectivity index (χ1n) is 21.6. The minimum absolute atomic E-state index is 0.0221. The molecule has 0 aliphatic heterocycles. The molecule has 6 rings (SSSR count). The van der Waals surface area contributed by atoms with E-state index < -0.39 is 28.7 Å². The molecule has 0 radical (unpaired) electrons. The van der Waals surface area contributed by atoms with E-state index >= 15 is 0 Å². The maximum atomic E-state index is 12.6. The molecule has 8 heteroatoms. The van der Waals surface area contributed by atoms with Crippen LogP contribution in [-0.2, 0) is 27.2 Å². The van der Waals surface area contributed by atoms with Crippen molar-refractivity contribution in [3.8, 4) is 11.5 Å². The third kappa shape index (κ3) is 12.4. The number of esters is 1. The van der Waals surface area contributed by atoms with Gasteiger partial charge < -0.3 is 19.3 Å². The van der Waals surface area contributed by atoms with Gasteiger partial charge in [0.15, 0.2) is 22.8 Å². The number of carboxylic acid groups (broad SMARTS) is 1. The molecule has 0 heterocycles. The van der Waals surface area contributed by atoms with Gasteiger partial charge in [-0.1, -0.05) is 75.2 Å². The number of carboxylic acids is 1. The number of hydrogen-bond acceptors (Lipinski definition) is 7. The van der Waals surface area contributed by atoms with Gasteiger partial charge in [0.05, 0.1) is 0 Å². The van der Waals surface area contributed by atoms with Gasteiger partial charge >= 0.3 is 11.9 Å². The van der Waals surface area contributed by atoms with Gasteiger partial charge in [0.25, 0.3) is 0 Å². The Labute approximate surface area is 370 Å². The highest BCUT2D eigenvalue weighted by Gasteiger charge is 2.36. The molecule has 2 aliphatic carbocycles. The number of carbonyl (C=O) groups excluding carboxylic acids is 3. The van der Waals surface area contributed by atoms with Crippen LogP contribution >= 0.6 is 0 Å². The summed E-state index contributed by atoms with van der Waals surface area (Å²) in [7, 11) is 0. The van der Waals surface area contributed by atoms with Gasteiger partial charge in [0.1, 0.15) is 17.1 Å². The summed E-state index contributed by atoms with van der Waals surface area (Å²) < 4.78 is 17.4. The highest BCUT2D eigenvalue weighted by atomic mass is 16.6.